The van der Waals surface area contributed by atoms with Crippen LogP contribution in [0.15, 0.2) is 59.1 Å². The number of carbonyl (C=O) groups is 1. The molecule has 7 nitrogen and oxygen atoms in total. The average Bonchev–Trinajstić information content (AvgIpc) is 3.20. The number of hydrogen-bond acceptors (Lipinski definition) is 6. The molecule has 0 N–H and O–H groups in total. The third-order valence-electron chi connectivity index (χ3n) is 3.98. The molecule has 1 heterocycles. The van der Waals surface area contributed by atoms with Crippen molar-refractivity contribution < 1.29 is 18.8 Å². The number of likely N-dealkylation sites (N-methyl/N-ethyl adjacent to an activating group) is 1. The van der Waals surface area contributed by atoms with Crippen molar-refractivity contribution >= 4 is 5.91 Å². The maximum atomic E-state index is 12.4. The molecule has 2 aromatic carbocycles. The summed E-state index contributed by atoms with van der Waals surface area (Å²) < 4.78 is 15.9. The Morgan fingerprint density at radius 3 is 2.44 bits per heavy atom. The van der Waals surface area contributed by atoms with Crippen LogP contribution in [0.25, 0.3) is 11.4 Å². The topological polar surface area (TPSA) is 77.7 Å². The van der Waals surface area contributed by atoms with E-state index in [-0.39, 0.29) is 19.1 Å². The van der Waals surface area contributed by atoms with Crippen molar-refractivity contribution in [1.82, 2.24) is 15.0 Å². The van der Waals surface area contributed by atoms with Crippen LogP contribution in [-0.4, -0.2) is 41.2 Å². The minimum atomic E-state index is -0.159. The van der Waals surface area contributed by atoms with Crippen LogP contribution in [0.4, 0.5) is 0 Å². The van der Waals surface area contributed by atoms with Gasteiger partial charge in [-0.15, -0.1) is 0 Å². The Balaban J connectivity index is 1.57. The summed E-state index contributed by atoms with van der Waals surface area (Å²) in [5, 5.41) is 3.98. The molecular formula is C20H21N3O4. The lowest BCUT2D eigenvalue weighted by molar-refractivity contribution is -0.134. The predicted octanol–water partition coefficient (Wildman–Crippen LogP) is 3.17. The lowest BCUT2D eigenvalue weighted by Crippen LogP contribution is -2.34. The van der Waals surface area contributed by atoms with Gasteiger partial charge in [0, 0.05) is 12.1 Å². The Morgan fingerprint density at radius 2 is 1.78 bits per heavy atom. The summed E-state index contributed by atoms with van der Waals surface area (Å²) in [5.41, 5.74) is 0.865. The van der Waals surface area contributed by atoms with Gasteiger partial charge in [-0.3, -0.25) is 4.79 Å². The molecule has 0 saturated heterocycles. The van der Waals surface area contributed by atoms with E-state index in [9.17, 15) is 4.79 Å². The van der Waals surface area contributed by atoms with Gasteiger partial charge in [-0.2, -0.15) is 4.98 Å². The van der Waals surface area contributed by atoms with Crippen LogP contribution < -0.4 is 9.47 Å². The van der Waals surface area contributed by atoms with Crippen molar-refractivity contribution in [2.45, 2.75) is 13.5 Å². The van der Waals surface area contributed by atoms with Crippen molar-refractivity contribution in [3.05, 3.63) is 60.5 Å². The zero-order valence-electron chi connectivity index (χ0n) is 15.3. The fourth-order valence-electron chi connectivity index (χ4n) is 2.47. The van der Waals surface area contributed by atoms with Gasteiger partial charge in [0.15, 0.2) is 6.61 Å². The van der Waals surface area contributed by atoms with Crippen LogP contribution >= 0.6 is 0 Å². The first kappa shape index (κ1) is 18.4. The Hall–Kier alpha value is -3.35. The summed E-state index contributed by atoms with van der Waals surface area (Å²) in [6, 6.07) is 16.6. The molecule has 0 spiro atoms. The van der Waals surface area contributed by atoms with Crippen LogP contribution in [0, 0.1) is 0 Å². The molecule has 27 heavy (non-hydrogen) atoms. The molecule has 0 atom stereocenters. The number of benzene rings is 2. The van der Waals surface area contributed by atoms with Crippen molar-refractivity contribution in [3.63, 3.8) is 0 Å². The Kier molecular flexibility index (Phi) is 6.04. The highest BCUT2D eigenvalue weighted by Crippen LogP contribution is 2.18. The summed E-state index contributed by atoms with van der Waals surface area (Å²) in [6.07, 6.45) is 0. The highest BCUT2D eigenvalue weighted by Gasteiger charge is 2.17. The molecule has 0 aliphatic carbocycles. The van der Waals surface area contributed by atoms with Crippen molar-refractivity contribution in [3.8, 4) is 22.9 Å². The Bertz CT molecular complexity index is 862. The third kappa shape index (κ3) is 4.84. The number of aromatic nitrogens is 2. The number of nitrogens with zero attached hydrogens (tertiary/aromatic N) is 3. The first-order chi connectivity index (χ1) is 13.2. The quantitative estimate of drug-likeness (QED) is 0.609. The van der Waals surface area contributed by atoms with E-state index < -0.39 is 0 Å². The fourth-order valence-corrected chi connectivity index (χ4v) is 2.47. The summed E-state index contributed by atoms with van der Waals surface area (Å²) in [6.45, 7) is 2.56. The van der Waals surface area contributed by atoms with E-state index in [0.29, 0.717) is 24.0 Å². The number of hydrogen-bond donors (Lipinski definition) is 0. The van der Waals surface area contributed by atoms with Gasteiger partial charge in [0.25, 0.3) is 5.91 Å². The van der Waals surface area contributed by atoms with Gasteiger partial charge in [0.2, 0.25) is 11.7 Å². The van der Waals surface area contributed by atoms with E-state index in [4.69, 9.17) is 14.0 Å². The molecule has 0 bridgehead atoms. The summed E-state index contributed by atoms with van der Waals surface area (Å²) in [7, 11) is 1.60. The van der Waals surface area contributed by atoms with Gasteiger partial charge in [0.05, 0.1) is 7.11 Å². The maximum absolute atomic E-state index is 12.4. The van der Waals surface area contributed by atoms with Crippen LogP contribution in [-0.2, 0) is 11.3 Å². The average molecular weight is 367 g/mol. The summed E-state index contributed by atoms with van der Waals surface area (Å²) in [4.78, 5) is 18.4. The van der Waals surface area contributed by atoms with Crippen LogP contribution in [0.2, 0.25) is 0 Å². The molecular weight excluding hydrogens is 346 g/mol. The first-order valence-corrected chi connectivity index (χ1v) is 8.62. The minimum Gasteiger partial charge on any atom is -0.497 e. The molecule has 1 amide bonds. The van der Waals surface area contributed by atoms with Gasteiger partial charge in [0.1, 0.15) is 18.0 Å². The largest absolute Gasteiger partial charge is 0.497 e. The number of amides is 1. The Labute approximate surface area is 157 Å². The molecule has 0 aliphatic rings. The van der Waals surface area contributed by atoms with Gasteiger partial charge < -0.3 is 18.9 Å². The molecule has 3 rings (SSSR count). The second-order valence-electron chi connectivity index (χ2n) is 5.75. The van der Waals surface area contributed by atoms with Crippen molar-refractivity contribution in [2.24, 2.45) is 0 Å². The number of methoxy groups -OCH3 is 1. The second kappa shape index (κ2) is 8.84. The van der Waals surface area contributed by atoms with E-state index in [1.807, 2.05) is 37.3 Å². The smallest absolute Gasteiger partial charge is 0.260 e. The molecule has 1 aromatic heterocycles. The molecule has 7 heteroatoms. The second-order valence-corrected chi connectivity index (χ2v) is 5.75. The molecule has 0 unspecified atom stereocenters. The number of rotatable bonds is 8. The number of carbonyl (C=O) groups excluding carboxylic acids is 1. The fraction of sp³-hybridized carbons (Fsp3) is 0.250. The van der Waals surface area contributed by atoms with Crippen LogP contribution in [0.1, 0.15) is 12.8 Å². The third-order valence-corrected chi connectivity index (χ3v) is 3.98. The van der Waals surface area contributed by atoms with E-state index in [0.717, 1.165) is 11.3 Å². The molecule has 3 aromatic rings. The monoisotopic (exact) mass is 367 g/mol. The molecule has 0 fully saturated rings. The SMILES string of the molecule is CCN(Cc1nc(-c2ccccc2)no1)C(=O)COc1ccc(OC)cc1. The zero-order valence-corrected chi connectivity index (χ0v) is 15.3. The van der Waals surface area contributed by atoms with Crippen LogP contribution in [0.5, 0.6) is 11.5 Å². The lowest BCUT2D eigenvalue weighted by Gasteiger charge is -2.19. The van der Waals surface area contributed by atoms with Crippen molar-refractivity contribution in [2.75, 3.05) is 20.3 Å². The zero-order chi connectivity index (χ0) is 19.1. The highest BCUT2D eigenvalue weighted by molar-refractivity contribution is 5.77. The van der Waals surface area contributed by atoms with E-state index in [1.165, 1.54) is 0 Å². The summed E-state index contributed by atoms with van der Waals surface area (Å²) in [5.74, 6) is 2.06. The van der Waals surface area contributed by atoms with Crippen molar-refractivity contribution in [1.29, 1.82) is 0 Å². The standard InChI is InChI=1S/C20H21N3O4/c1-3-23(19(24)14-26-17-11-9-16(25-2)10-12-17)13-18-21-20(22-27-18)15-7-5-4-6-8-15/h4-12H,3,13-14H2,1-2H3. The first-order valence-electron chi connectivity index (χ1n) is 8.62. The normalized spacial score (nSPS) is 10.4. The highest BCUT2D eigenvalue weighted by atomic mass is 16.5. The Morgan fingerprint density at radius 1 is 1.07 bits per heavy atom. The van der Waals surface area contributed by atoms with E-state index >= 15 is 0 Å². The molecule has 0 saturated carbocycles. The molecule has 140 valence electrons. The summed E-state index contributed by atoms with van der Waals surface area (Å²) >= 11 is 0. The predicted molar refractivity (Wildman–Crippen MR) is 99.3 cm³/mol. The lowest BCUT2D eigenvalue weighted by atomic mass is 10.2. The van der Waals surface area contributed by atoms with E-state index in [1.54, 1.807) is 36.3 Å². The van der Waals surface area contributed by atoms with E-state index in [2.05, 4.69) is 10.1 Å². The molecule has 0 radical (unpaired) electrons. The van der Waals surface area contributed by atoms with Gasteiger partial charge in [-0.25, -0.2) is 0 Å². The van der Waals surface area contributed by atoms with Crippen LogP contribution in [0.3, 0.4) is 0 Å². The minimum absolute atomic E-state index is 0.0696. The number of ether oxygens (including phenoxy) is 2. The van der Waals surface area contributed by atoms with Gasteiger partial charge in [-0.1, -0.05) is 35.5 Å². The maximum Gasteiger partial charge on any atom is 0.260 e. The van der Waals surface area contributed by atoms with Gasteiger partial charge >= 0.3 is 0 Å². The molecule has 0 aliphatic heterocycles. The van der Waals surface area contributed by atoms with Gasteiger partial charge in [-0.05, 0) is 31.2 Å².